The van der Waals surface area contributed by atoms with Crippen LogP contribution in [0.15, 0.2) is 0 Å². The van der Waals surface area contributed by atoms with Crippen LogP contribution >= 0.6 is 15.6 Å². The number of phosphoric ester groups is 2. The number of carbonyl (C=O) groups is 4. The normalized spacial score (nSPS) is 13.9. The Balaban J connectivity index is 5.05. The van der Waals surface area contributed by atoms with Crippen LogP contribution in [0.4, 0.5) is 0 Å². The molecule has 0 amide bonds. The van der Waals surface area contributed by atoms with Crippen molar-refractivity contribution in [2.75, 3.05) is 39.6 Å². The third-order valence-electron chi connectivity index (χ3n) is 17.4. The van der Waals surface area contributed by atoms with Crippen molar-refractivity contribution >= 4 is 39.5 Å². The maximum Gasteiger partial charge on any atom is 0.472 e. The second-order valence-electron chi connectivity index (χ2n) is 26.7. The number of hydrogen-bond acceptors (Lipinski definition) is 15. The quantitative estimate of drug-likeness (QED) is 0.0222. The molecule has 0 saturated carbocycles. The van der Waals surface area contributed by atoms with Gasteiger partial charge in [-0.1, -0.05) is 342 Å². The van der Waals surface area contributed by atoms with E-state index in [-0.39, 0.29) is 25.7 Å². The predicted molar refractivity (Wildman–Crippen MR) is 377 cm³/mol. The Hall–Kier alpha value is -1.94. The van der Waals surface area contributed by atoms with Gasteiger partial charge in [-0.05, 0) is 25.7 Å². The van der Waals surface area contributed by atoms with Gasteiger partial charge >= 0.3 is 39.5 Å². The van der Waals surface area contributed by atoms with E-state index in [0.717, 1.165) is 109 Å². The summed E-state index contributed by atoms with van der Waals surface area (Å²) < 4.78 is 68.0. The standard InChI is InChI=1S/C74H144O17P2/c1-5-9-13-17-20-22-24-26-28-30-32-33-34-36-38-40-42-44-46-49-53-57-61-74(79)91-70(65-85-72(77)59-55-51-48-45-43-41-39-37-35-31-29-27-25-23-21-18-14-10-6-2)67-89-93(82,83)87-63-68(75)62-86-92(80,81)88-66-69(64-84-71(76)58-54-50-16-12-8-4)90-73(78)60-56-52-47-19-15-11-7-3/h68-70,75H,5-67H2,1-4H3,(H,80,81)(H,82,83)/t68-,69+,70+/m0/s1. The highest BCUT2D eigenvalue weighted by Crippen LogP contribution is 2.45. The Bertz CT molecular complexity index is 1770. The largest absolute Gasteiger partial charge is 0.472 e. The molecule has 5 atom stereocenters. The molecule has 19 heteroatoms. The molecule has 0 spiro atoms. The number of rotatable bonds is 75. The van der Waals surface area contributed by atoms with E-state index < -0.39 is 97.5 Å². The van der Waals surface area contributed by atoms with E-state index in [1.54, 1.807) is 0 Å². The van der Waals surface area contributed by atoms with Gasteiger partial charge in [-0.25, -0.2) is 9.13 Å². The molecule has 0 aromatic rings. The van der Waals surface area contributed by atoms with Gasteiger partial charge in [0.1, 0.15) is 19.3 Å². The molecule has 3 N–H and O–H groups in total. The number of aliphatic hydroxyl groups is 1. The molecule has 93 heavy (non-hydrogen) atoms. The zero-order valence-electron chi connectivity index (χ0n) is 60.2. The fraction of sp³-hybridized carbons (Fsp3) is 0.946. The van der Waals surface area contributed by atoms with Gasteiger partial charge in [0.25, 0.3) is 0 Å². The molecule has 0 radical (unpaired) electrons. The lowest BCUT2D eigenvalue weighted by atomic mass is 10.0. The van der Waals surface area contributed by atoms with Crippen LogP contribution in [0.1, 0.15) is 394 Å². The van der Waals surface area contributed by atoms with Gasteiger partial charge in [0, 0.05) is 25.7 Å². The summed E-state index contributed by atoms with van der Waals surface area (Å²) in [6, 6.07) is 0. The van der Waals surface area contributed by atoms with Crippen molar-refractivity contribution in [3.63, 3.8) is 0 Å². The van der Waals surface area contributed by atoms with Gasteiger partial charge in [0.05, 0.1) is 26.4 Å². The summed E-state index contributed by atoms with van der Waals surface area (Å²) >= 11 is 0. The van der Waals surface area contributed by atoms with Crippen molar-refractivity contribution in [1.29, 1.82) is 0 Å². The summed E-state index contributed by atoms with van der Waals surface area (Å²) in [4.78, 5) is 72.2. The highest BCUT2D eigenvalue weighted by molar-refractivity contribution is 7.47. The Morgan fingerprint density at radius 1 is 0.258 bits per heavy atom. The molecule has 0 aliphatic carbocycles. The Morgan fingerprint density at radius 2 is 0.430 bits per heavy atom. The van der Waals surface area contributed by atoms with Crippen molar-refractivity contribution in [3.8, 4) is 0 Å². The molecule has 17 nitrogen and oxygen atoms in total. The molecule has 0 saturated heterocycles. The molecule has 0 aromatic carbocycles. The third kappa shape index (κ3) is 68.4. The molecule has 0 aliphatic heterocycles. The lowest BCUT2D eigenvalue weighted by Gasteiger charge is -2.21. The first-order valence-corrected chi connectivity index (χ1v) is 41.8. The van der Waals surface area contributed by atoms with Crippen LogP contribution in [0.2, 0.25) is 0 Å². The average molecular weight is 1370 g/mol. The van der Waals surface area contributed by atoms with Crippen LogP contribution in [-0.4, -0.2) is 96.7 Å². The second-order valence-corrected chi connectivity index (χ2v) is 29.6. The van der Waals surface area contributed by atoms with Crippen LogP contribution in [-0.2, 0) is 65.4 Å². The maximum atomic E-state index is 13.1. The molecule has 0 rings (SSSR count). The number of unbranched alkanes of at least 4 members (excludes halogenated alkanes) is 49. The number of phosphoric acid groups is 2. The molecular weight excluding hydrogens is 1220 g/mol. The monoisotopic (exact) mass is 1370 g/mol. The highest BCUT2D eigenvalue weighted by atomic mass is 31.2. The summed E-state index contributed by atoms with van der Waals surface area (Å²) in [6.07, 6.45) is 59.2. The van der Waals surface area contributed by atoms with Crippen LogP contribution < -0.4 is 0 Å². The van der Waals surface area contributed by atoms with Gasteiger partial charge in [-0.2, -0.15) is 0 Å². The Labute approximate surface area is 568 Å². The minimum absolute atomic E-state index is 0.103. The van der Waals surface area contributed by atoms with Gasteiger partial charge in [-0.3, -0.25) is 37.3 Å². The smallest absolute Gasteiger partial charge is 0.462 e. The third-order valence-corrected chi connectivity index (χ3v) is 19.3. The minimum Gasteiger partial charge on any atom is -0.462 e. The lowest BCUT2D eigenvalue weighted by Crippen LogP contribution is -2.30. The molecule has 552 valence electrons. The highest BCUT2D eigenvalue weighted by Gasteiger charge is 2.30. The van der Waals surface area contributed by atoms with Crippen molar-refractivity contribution < 1.29 is 80.2 Å². The molecule has 0 fully saturated rings. The van der Waals surface area contributed by atoms with Crippen LogP contribution in [0.5, 0.6) is 0 Å². The van der Waals surface area contributed by atoms with Gasteiger partial charge in [0.15, 0.2) is 12.2 Å². The predicted octanol–water partition coefficient (Wildman–Crippen LogP) is 21.8. The average Bonchev–Trinajstić information content (AvgIpc) is 3.66. The fourth-order valence-corrected chi connectivity index (χ4v) is 13.0. The topological polar surface area (TPSA) is 237 Å². The summed E-state index contributed by atoms with van der Waals surface area (Å²) in [5.41, 5.74) is 0. The zero-order valence-corrected chi connectivity index (χ0v) is 62.0. The lowest BCUT2D eigenvalue weighted by molar-refractivity contribution is -0.161. The Kier molecular flexibility index (Phi) is 67.1. The van der Waals surface area contributed by atoms with Crippen LogP contribution in [0, 0.1) is 0 Å². The maximum absolute atomic E-state index is 13.1. The van der Waals surface area contributed by atoms with Crippen molar-refractivity contribution in [3.05, 3.63) is 0 Å². The van der Waals surface area contributed by atoms with E-state index in [1.807, 2.05) is 0 Å². The minimum atomic E-state index is -4.95. The molecule has 2 unspecified atom stereocenters. The van der Waals surface area contributed by atoms with Crippen LogP contribution in [0.3, 0.4) is 0 Å². The summed E-state index contributed by atoms with van der Waals surface area (Å²) in [5.74, 6) is -2.13. The van der Waals surface area contributed by atoms with E-state index in [9.17, 15) is 43.2 Å². The number of aliphatic hydroxyl groups excluding tert-OH is 1. The van der Waals surface area contributed by atoms with Gasteiger partial charge < -0.3 is 33.8 Å². The first kappa shape index (κ1) is 91.1. The Morgan fingerprint density at radius 3 is 0.634 bits per heavy atom. The second kappa shape index (κ2) is 68.6. The van der Waals surface area contributed by atoms with E-state index in [0.29, 0.717) is 25.7 Å². The number of carbonyl (C=O) groups excluding carboxylic acids is 4. The van der Waals surface area contributed by atoms with Crippen molar-refractivity contribution in [1.82, 2.24) is 0 Å². The number of hydrogen-bond donors (Lipinski definition) is 3. The summed E-state index contributed by atoms with van der Waals surface area (Å²) in [5, 5.41) is 10.6. The fourth-order valence-electron chi connectivity index (χ4n) is 11.4. The SMILES string of the molecule is CCCCCCCCCCCCCCCCCCCCCCCCC(=O)O[C@H](COC(=O)CCCCCCCCCCCCCCCCCCCCC)COP(=O)(O)OC[C@@H](O)COP(=O)(O)OC[C@@H](COC(=O)CCCCCCC)OC(=O)CCCCCCCCC. The van der Waals surface area contributed by atoms with Crippen molar-refractivity contribution in [2.24, 2.45) is 0 Å². The number of ether oxygens (including phenoxy) is 4. The molecule has 0 bridgehead atoms. The van der Waals surface area contributed by atoms with Gasteiger partial charge in [0.2, 0.25) is 0 Å². The van der Waals surface area contributed by atoms with E-state index >= 15 is 0 Å². The molecule has 0 aliphatic rings. The zero-order chi connectivity index (χ0) is 68.2. The first-order chi connectivity index (χ1) is 45.2. The van der Waals surface area contributed by atoms with E-state index in [1.165, 1.54) is 205 Å². The van der Waals surface area contributed by atoms with E-state index in [2.05, 4.69) is 27.7 Å². The molecule has 0 heterocycles. The van der Waals surface area contributed by atoms with Gasteiger partial charge in [-0.15, -0.1) is 0 Å². The summed E-state index contributed by atoms with van der Waals surface area (Å²) in [6.45, 7) is 4.82. The molecular formula is C74H144O17P2. The molecule has 0 aromatic heterocycles. The van der Waals surface area contributed by atoms with Crippen molar-refractivity contribution in [2.45, 2.75) is 412 Å². The summed E-state index contributed by atoms with van der Waals surface area (Å²) in [7, 11) is -9.89. The first-order valence-electron chi connectivity index (χ1n) is 38.8. The van der Waals surface area contributed by atoms with E-state index in [4.69, 9.17) is 37.0 Å². The number of esters is 4. The van der Waals surface area contributed by atoms with Crippen LogP contribution in [0.25, 0.3) is 0 Å².